The van der Waals surface area contributed by atoms with Crippen molar-refractivity contribution in [2.45, 2.75) is 56.5 Å². The average molecular weight is 327 g/mol. The maximum absolute atomic E-state index is 12.9. The number of nitrogens with zero attached hydrogens (tertiary/aromatic N) is 1. The quantitative estimate of drug-likeness (QED) is 0.895. The summed E-state index contributed by atoms with van der Waals surface area (Å²) in [6, 6.07) is 11.3. The summed E-state index contributed by atoms with van der Waals surface area (Å²) in [6.07, 6.45) is 8.55. The van der Waals surface area contributed by atoms with Gasteiger partial charge in [0.2, 0.25) is 0 Å². The van der Waals surface area contributed by atoms with Crippen LogP contribution in [-0.4, -0.2) is 36.6 Å². The van der Waals surface area contributed by atoms with Crippen molar-refractivity contribution in [1.29, 1.82) is 0 Å². The number of hydrogen-bond acceptors (Lipinski definition) is 2. The number of hydrogen-bond donors (Lipinski definition) is 2. The van der Waals surface area contributed by atoms with E-state index in [4.69, 9.17) is 0 Å². The van der Waals surface area contributed by atoms with Gasteiger partial charge in [-0.25, -0.2) is 4.79 Å². The van der Waals surface area contributed by atoms with Gasteiger partial charge in [0.05, 0.1) is 5.54 Å². The number of rotatable bonds is 3. The SMILES string of the molecule is O=C1NC[C@](c2ccccc2)(C2CCCCC2)N1C1CCNCC1. The van der Waals surface area contributed by atoms with Crippen molar-refractivity contribution in [3.05, 3.63) is 35.9 Å². The third kappa shape index (κ3) is 2.61. The van der Waals surface area contributed by atoms with Crippen molar-refractivity contribution in [3.8, 4) is 0 Å². The van der Waals surface area contributed by atoms with Gasteiger partial charge < -0.3 is 15.5 Å². The van der Waals surface area contributed by atoms with E-state index in [1.165, 1.54) is 37.7 Å². The molecule has 2 aliphatic heterocycles. The molecule has 130 valence electrons. The number of piperidine rings is 1. The second-order valence-corrected chi connectivity index (χ2v) is 7.64. The molecular formula is C20H29N3O. The fourth-order valence-corrected chi connectivity index (χ4v) is 5.24. The number of amides is 2. The van der Waals surface area contributed by atoms with Crippen LogP contribution in [0.5, 0.6) is 0 Å². The molecule has 1 aliphatic carbocycles. The van der Waals surface area contributed by atoms with Gasteiger partial charge in [0.25, 0.3) is 0 Å². The number of benzene rings is 1. The smallest absolute Gasteiger partial charge is 0.318 e. The van der Waals surface area contributed by atoms with Gasteiger partial charge >= 0.3 is 6.03 Å². The minimum absolute atomic E-state index is 0.149. The Morgan fingerprint density at radius 1 is 0.958 bits per heavy atom. The number of carbonyl (C=O) groups excluding carboxylic acids is 1. The zero-order valence-electron chi connectivity index (χ0n) is 14.5. The lowest BCUT2D eigenvalue weighted by Crippen LogP contribution is -2.56. The normalized spacial score (nSPS) is 29.7. The van der Waals surface area contributed by atoms with E-state index in [9.17, 15) is 4.79 Å². The summed E-state index contributed by atoms with van der Waals surface area (Å²) in [5.41, 5.74) is 1.18. The van der Waals surface area contributed by atoms with Crippen LogP contribution in [0.25, 0.3) is 0 Å². The molecule has 2 amide bonds. The Labute approximate surface area is 145 Å². The highest BCUT2D eigenvalue weighted by atomic mass is 16.2. The Balaban J connectivity index is 1.77. The van der Waals surface area contributed by atoms with Gasteiger partial charge in [-0.15, -0.1) is 0 Å². The van der Waals surface area contributed by atoms with Crippen LogP contribution in [0.1, 0.15) is 50.5 Å². The molecule has 24 heavy (non-hydrogen) atoms. The molecule has 1 aromatic rings. The summed E-state index contributed by atoms with van der Waals surface area (Å²) in [5, 5.41) is 6.66. The Morgan fingerprint density at radius 2 is 1.67 bits per heavy atom. The monoisotopic (exact) mass is 327 g/mol. The maximum Gasteiger partial charge on any atom is 0.318 e. The van der Waals surface area contributed by atoms with Crippen LogP contribution in [0.4, 0.5) is 4.79 Å². The van der Waals surface area contributed by atoms with E-state index in [-0.39, 0.29) is 11.6 Å². The average Bonchev–Trinajstić information content (AvgIpc) is 3.02. The second kappa shape index (κ2) is 6.75. The van der Waals surface area contributed by atoms with Crippen molar-refractivity contribution in [3.63, 3.8) is 0 Å². The summed E-state index contributed by atoms with van der Waals surface area (Å²) in [5.74, 6) is 0.572. The van der Waals surface area contributed by atoms with Gasteiger partial charge in [0.15, 0.2) is 0 Å². The van der Waals surface area contributed by atoms with Gasteiger partial charge in [0.1, 0.15) is 0 Å². The summed E-state index contributed by atoms with van der Waals surface area (Å²) >= 11 is 0. The molecule has 3 aliphatic rings. The fourth-order valence-electron chi connectivity index (χ4n) is 5.24. The minimum atomic E-state index is -0.152. The van der Waals surface area contributed by atoms with E-state index in [0.717, 1.165) is 32.5 Å². The van der Waals surface area contributed by atoms with Crippen molar-refractivity contribution >= 4 is 6.03 Å². The number of urea groups is 1. The van der Waals surface area contributed by atoms with Gasteiger partial charge in [-0.1, -0.05) is 49.6 Å². The Bertz CT molecular complexity index is 564. The molecule has 0 aromatic heterocycles. The van der Waals surface area contributed by atoms with Crippen LogP contribution in [-0.2, 0) is 5.54 Å². The highest BCUT2D eigenvalue weighted by Gasteiger charge is 2.54. The molecule has 2 N–H and O–H groups in total. The molecule has 0 bridgehead atoms. The van der Waals surface area contributed by atoms with Crippen LogP contribution in [0.3, 0.4) is 0 Å². The van der Waals surface area contributed by atoms with Gasteiger partial charge in [-0.05, 0) is 50.3 Å². The first-order chi connectivity index (χ1) is 11.8. The molecule has 1 saturated carbocycles. The highest BCUT2D eigenvalue weighted by molar-refractivity contribution is 5.79. The molecule has 4 heteroatoms. The molecule has 0 spiro atoms. The van der Waals surface area contributed by atoms with Crippen LogP contribution in [0.2, 0.25) is 0 Å². The highest BCUT2D eigenvalue weighted by Crippen LogP contribution is 2.47. The number of nitrogens with one attached hydrogen (secondary N) is 2. The summed E-state index contributed by atoms with van der Waals surface area (Å²) in [4.78, 5) is 15.2. The molecule has 3 fully saturated rings. The molecule has 2 saturated heterocycles. The van der Waals surface area contributed by atoms with Gasteiger partial charge in [0, 0.05) is 12.6 Å². The fraction of sp³-hybridized carbons (Fsp3) is 0.650. The summed E-state index contributed by atoms with van der Waals surface area (Å²) in [7, 11) is 0. The van der Waals surface area contributed by atoms with E-state index in [1.54, 1.807) is 0 Å². The molecule has 0 radical (unpaired) electrons. The van der Waals surface area contributed by atoms with Crippen molar-refractivity contribution in [1.82, 2.24) is 15.5 Å². The zero-order chi connectivity index (χ0) is 16.4. The molecule has 0 unspecified atom stereocenters. The third-order valence-electron chi connectivity index (χ3n) is 6.39. The topological polar surface area (TPSA) is 44.4 Å². The van der Waals surface area contributed by atoms with Gasteiger partial charge in [-0.2, -0.15) is 0 Å². The lowest BCUT2D eigenvalue weighted by atomic mass is 9.70. The molecule has 4 rings (SSSR count). The molecular weight excluding hydrogens is 298 g/mol. The van der Waals surface area contributed by atoms with Crippen LogP contribution in [0.15, 0.2) is 30.3 Å². The zero-order valence-corrected chi connectivity index (χ0v) is 14.5. The van der Waals surface area contributed by atoms with E-state index in [2.05, 4.69) is 45.9 Å². The van der Waals surface area contributed by atoms with Crippen LogP contribution in [0, 0.1) is 5.92 Å². The Morgan fingerprint density at radius 3 is 2.38 bits per heavy atom. The maximum atomic E-state index is 12.9. The first-order valence-corrected chi connectivity index (χ1v) is 9.66. The standard InChI is InChI=1S/C20H29N3O/c24-19-22-15-20(16-7-3-1-4-8-16,17-9-5-2-6-10-17)23(19)18-11-13-21-14-12-18/h1,3-4,7-8,17-18,21H,2,5-6,9-15H2,(H,22,24)/t20-/m0/s1. The Hall–Kier alpha value is -1.55. The first-order valence-electron chi connectivity index (χ1n) is 9.66. The second-order valence-electron chi connectivity index (χ2n) is 7.64. The van der Waals surface area contributed by atoms with Crippen molar-refractivity contribution < 1.29 is 4.79 Å². The van der Waals surface area contributed by atoms with Crippen molar-refractivity contribution in [2.75, 3.05) is 19.6 Å². The number of carbonyl (C=O) groups is 1. The largest absolute Gasteiger partial charge is 0.335 e. The minimum Gasteiger partial charge on any atom is -0.335 e. The molecule has 2 heterocycles. The van der Waals surface area contributed by atoms with Crippen LogP contribution >= 0.6 is 0 Å². The molecule has 1 atom stereocenters. The summed E-state index contributed by atoms with van der Waals surface area (Å²) < 4.78 is 0. The Kier molecular flexibility index (Phi) is 4.49. The third-order valence-corrected chi connectivity index (χ3v) is 6.39. The summed E-state index contributed by atoms with van der Waals surface area (Å²) in [6.45, 7) is 2.80. The lowest BCUT2D eigenvalue weighted by molar-refractivity contribution is 0.0355. The van der Waals surface area contributed by atoms with E-state index < -0.39 is 0 Å². The molecule has 1 aromatic carbocycles. The predicted octanol–water partition coefficient (Wildman–Crippen LogP) is 3.24. The van der Waals surface area contributed by atoms with Crippen LogP contribution < -0.4 is 10.6 Å². The van der Waals surface area contributed by atoms with Gasteiger partial charge in [-0.3, -0.25) is 0 Å². The predicted molar refractivity (Wildman–Crippen MR) is 95.8 cm³/mol. The van der Waals surface area contributed by atoms with Crippen molar-refractivity contribution in [2.24, 2.45) is 5.92 Å². The first kappa shape index (κ1) is 15.9. The van der Waals surface area contributed by atoms with E-state index >= 15 is 0 Å². The lowest BCUT2D eigenvalue weighted by Gasteiger charge is -2.49. The molecule has 4 nitrogen and oxygen atoms in total. The van der Waals surface area contributed by atoms with E-state index in [1.807, 2.05) is 0 Å². The van der Waals surface area contributed by atoms with E-state index in [0.29, 0.717) is 12.0 Å².